The van der Waals surface area contributed by atoms with Crippen LogP contribution in [-0.2, 0) is 4.74 Å². The highest BCUT2D eigenvalue weighted by Crippen LogP contribution is 2.08. The Kier molecular flexibility index (Phi) is 14.8. The molecule has 0 amide bonds. The van der Waals surface area contributed by atoms with E-state index in [9.17, 15) is 0 Å². The lowest BCUT2D eigenvalue weighted by Crippen LogP contribution is -2.18. The molecule has 0 aliphatic carbocycles. The van der Waals surface area contributed by atoms with E-state index in [-0.39, 0.29) is 0 Å². The fourth-order valence-corrected chi connectivity index (χ4v) is 1.73. The van der Waals surface area contributed by atoms with E-state index in [1.807, 2.05) is 0 Å². The van der Waals surface area contributed by atoms with Gasteiger partial charge in [0, 0.05) is 6.61 Å². The first-order chi connectivity index (χ1) is 7.91. The molecule has 0 aliphatic heterocycles. The Morgan fingerprint density at radius 2 is 1.38 bits per heavy atom. The Hall–Kier alpha value is -0.0800. The first kappa shape index (κ1) is 15.9. The number of unbranched alkanes of at least 4 members (excludes halogenated alkanes) is 7. The Labute approximate surface area is 102 Å². The molecule has 16 heavy (non-hydrogen) atoms. The minimum atomic E-state index is 0.727. The van der Waals surface area contributed by atoms with E-state index in [0.717, 1.165) is 19.9 Å². The summed E-state index contributed by atoms with van der Waals surface area (Å²) in [6.45, 7) is 7.16. The van der Waals surface area contributed by atoms with Crippen LogP contribution in [-0.4, -0.2) is 19.9 Å². The fraction of sp³-hybridized carbons (Fsp3) is 1.00. The quantitative estimate of drug-likeness (QED) is 0.379. The molecule has 0 unspecified atom stereocenters. The third kappa shape index (κ3) is 13.9. The summed E-state index contributed by atoms with van der Waals surface area (Å²) in [5.74, 6) is 0. The standard InChI is InChI=1S/C14H31NO/c1-3-5-6-7-8-9-10-11-13-16-14-15-12-4-2/h15H,3-14H2,1-2H3. The number of hydrogen-bond acceptors (Lipinski definition) is 2. The normalized spacial score (nSPS) is 10.9. The van der Waals surface area contributed by atoms with Crippen molar-refractivity contribution in [3.63, 3.8) is 0 Å². The van der Waals surface area contributed by atoms with Gasteiger partial charge in [0.1, 0.15) is 0 Å². The molecule has 0 heterocycles. The second-order valence-electron chi connectivity index (χ2n) is 4.53. The zero-order valence-electron chi connectivity index (χ0n) is 11.4. The van der Waals surface area contributed by atoms with E-state index < -0.39 is 0 Å². The average molecular weight is 229 g/mol. The Morgan fingerprint density at radius 3 is 2.00 bits per heavy atom. The molecular weight excluding hydrogens is 198 g/mol. The van der Waals surface area contributed by atoms with Crippen molar-refractivity contribution in [1.29, 1.82) is 0 Å². The molecule has 98 valence electrons. The maximum atomic E-state index is 5.47. The molecule has 1 N–H and O–H groups in total. The van der Waals surface area contributed by atoms with Gasteiger partial charge in [0.15, 0.2) is 0 Å². The molecule has 0 spiro atoms. The SMILES string of the molecule is CCCCCCCCCCOCNCCC. The van der Waals surface area contributed by atoms with Crippen LogP contribution in [0.15, 0.2) is 0 Å². The molecule has 2 heteroatoms. The maximum Gasteiger partial charge on any atom is 0.0965 e. The van der Waals surface area contributed by atoms with Gasteiger partial charge in [-0.25, -0.2) is 0 Å². The lowest BCUT2D eigenvalue weighted by atomic mass is 10.1. The van der Waals surface area contributed by atoms with Gasteiger partial charge in [-0.2, -0.15) is 0 Å². The minimum absolute atomic E-state index is 0.727. The van der Waals surface area contributed by atoms with Gasteiger partial charge in [-0.1, -0.05) is 58.8 Å². The van der Waals surface area contributed by atoms with Crippen molar-refractivity contribution in [3.05, 3.63) is 0 Å². The van der Waals surface area contributed by atoms with Crippen LogP contribution in [0.25, 0.3) is 0 Å². The summed E-state index contributed by atoms with van der Waals surface area (Å²) in [7, 11) is 0. The molecule has 0 aromatic heterocycles. The number of hydrogen-bond donors (Lipinski definition) is 1. The van der Waals surface area contributed by atoms with Crippen LogP contribution in [0.4, 0.5) is 0 Å². The highest BCUT2D eigenvalue weighted by atomic mass is 16.5. The van der Waals surface area contributed by atoms with Gasteiger partial charge in [0.2, 0.25) is 0 Å². The van der Waals surface area contributed by atoms with Crippen LogP contribution in [0, 0.1) is 0 Å². The molecule has 0 saturated carbocycles. The minimum Gasteiger partial charge on any atom is -0.366 e. The third-order valence-corrected chi connectivity index (χ3v) is 2.77. The van der Waals surface area contributed by atoms with E-state index in [2.05, 4.69) is 19.2 Å². The third-order valence-electron chi connectivity index (χ3n) is 2.77. The highest BCUT2D eigenvalue weighted by molar-refractivity contribution is 4.45. The van der Waals surface area contributed by atoms with E-state index in [0.29, 0.717) is 0 Å². The van der Waals surface area contributed by atoms with Gasteiger partial charge >= 0.3 is 0 Å². The van der Waals surface area contributed by atoms with Gasteiger partial charge in [0.25, 0.3) is 0 Å². The molecule has 0 aliphatic rings. The first-order valence-corrected chi connectivity index (χ1v) is 7.20. The largest absolute Gasteiger partial charge is 0.366 e. The Bertz CT molecular complexity index is 103. The second-order valence-corrected chi connectivity index (χ2v) is 4.53. The summed E-state index contributed by atoms with van der Waals surface area (Å²) in [6.07, 6.45) is 12.1. The van der Waals surface area contributed by atoms with Crippen molar-refractivity contribution in [2.24, 2.45) is 0 Å². The van der Waals surface area contributed by atoms with Gasteiger partial charge in [-0.3, -0.25) is 5.32 Å². The molecule has 0 radical (unpaired) electrons. The van der Waals surface area contributed by atoms with Gasteiger partial charge in [0.05, 0.1) is 6.73 Å². The Balaban J connectivity index is 2.83. The molecule has 0 atom stereocenters. The van der Waals surface area contributed by atoms with Crippen LogP contribution < -0.4 is 5.32 Å². The van der Waals surface area contributed by atoms with Gasteiger partial charge in [-0.15, -0.1) is 0 Å². The first-order valence-electron chi connectivity index (χ1n) is 7.20. The van der Waals surface area contributed by atoms with E-state index in [1.165, 1.54) is 57.8 Å². The van der Waals surface area contributed by atoms with Crippen molar-refractivity contribution < 1.29 is 4.74 Å². The van der Waals surface area contributed by atoms with Crippen LogP contribution in [0.2, 0.25) is 0 Å². The van der Waals surface area contributed by atoms with E-state index in [1.54, 1.807) is 0 Å². The van der Waals surface area contributed by atoms with Crippen molar-refractivity contribution in [2.75, 3.05) is 19.9 Å². The highest BCUT2D eigenvalue weighted by Gasteiger charge is 1.92. The lowest BCUT2D eigenvalue weighted by molar-refractivity contribution is 0.113. The summed E-state index contributed by atoms with van der Waals surface area (Å²) in [4.78, 5) is 0. The summed E-state index contributed by atoms with van der Waals surface area (Å²) < 4.78 is 5.47. The number of nitrogens with one attached hydrogen (secondary N) is 1. The zero-order valence-corrected chi connectivity index (χ0v) is 11.4. The molecule has 0 rings (SSSR count). The molecule has 0 saturated heterocycles. The molecular formula is C14H31NO. The molecule has 0 bridgehead atoms. The molecule has 0 fully saturated rings. The summed E-state index contributed by atoms with van der Waals surface area (Å²) in [6, 6.07) is 0. The van der Waals surface area contributed by atoms with Crippen LogP contribution in [0.5, 0.6) is 0 Å². The van der Waals surface area contributed by atoms with Crippen LogP contribution in [0.3, 0.4) is 0 Å². The summed E-state index contributed by atoms with van der Waals surface area (Å²) in [5.41, 5.74) is 0. The van der Waals surface area contributed by atoms with Crippen molar-refractivity contribution in [3.8, 4) is 0 Å². The second kappa shape index (κ2) is 14.9. The summed E-state index contributed by atoms with van der Waals surface area (Å²) in [5, 5.41) is 3.24. The van der Waals surface area contributed by atoms with Gasteiger partial charge < -0.3 is 4.74 Å². The lowest BCUT2D eigenvalue weighted by Gasteiger charge is -2.05. The smallest absolute Gasteiger partial charge is 0.0965 e. The van der Waals surface area contributed by atoms with E-state index >= 15 is 0 Å². The monoisotopic (exact) mass is 229 g/mol. The molecule has 0 aromatic rings. The topological polar surface area (TPSA) is 21.3 Å². The predicted molar refractivity (Wildman–Crippen MR) is 71.7 cm³/mol. The molecule has 0 aromatic carbocycles. The summed E-state index contributed by atoms with van der Waals surface area (Å²) >= 11 is 0. The van der Waals surface area contributed by atoms with Crippen LogP contribution in [0.1, 0.15) is 71.6 Å². The fourth-order valence-electron chi connectivity index (χ4n) is 1.73. The van der Waals surface area contributed by atoms with Gasteiger partial charge in [-0.05, 0) is 19.4 Å². The Morgan fingerprint density at radius 1 is 0.750 bits per heavy atom. The van der Waals surface area contributed by atoms with Crippen molar-refractivity contribution in [2.45, 2.75) is 71.6 Å². The number of ether oxygens (including phenoxy) is 1. The maximum absolute atomic E-state index is 5.47. The van der Waals surface area contributed by atoms with E-state index in [4.69, 9.17) is 4.74 Å². The van der Waals surface area contributed by atoms with Crippen LogP contribution >= 0.6 is 0 Å². The predicted octanol–water partition coefficient (Wildman–Crippen LogP) is 4.10. The zero-order chi connectivity index (χ0) is 11.9. The average Bonchev–Trinajstić information content (AvgIpc) is 2.31. The van der Waals surface area contributed by atoms with Crippen molar-refractivity contribution in [1.82, 2.24) is 5.32 Å². The van der Waals surface area contributed by atoms with Crippen molar-refractivity contribution >= 4 is 0 Å². The molecule has 2 nitrogen and oxygen atoms in total. The number of rotatable bonds is 13.